The smallest absolute Gasteiger partial charge is 0.282 e. The molecule has 0 unspecified atom stereocenters. The van der Waals surface area contributed by atoms with Crippen LogP contribution in [0.1, 0.15) is 47.9 Å². The number of methoxy groups -OCH3 is 2. The first-order valence-electron chi connectivity index (χ1n) is 11.4. The predicted octanol–water partition coefficient (Wildman–Crippen LogP) is 3.56. The summed E-state index contributed by atoms with van der Waals surface area (Å²) in [4.78, 5) is 28.1. The molecule has 2 heterocycles. The summed E-state index contributed by atoms with van der Waals surface area (Å²) in [7, 11) is 3.01. The van der Waals surface area contributed by atoms with Crippen molar-refractivity contribution in [1.29, 1.82) is 0 Å². The van der Waals surface area contributed by atoms with Crippen LogP contribution in [-0.4, -0.2) is 52.7 Å². The first-order chi connectivity index (χ1) is 16.6. The van der Waals surface area contributed by atoms with Gasteiger partial charge in [-0.25, -0.2) is 18.7 Å². The molecule has 11 heteroatoms. The van der Waals surface area contributed by atoms with Gasteiger partial charge in [-0.1, -0.05) is 11.8 Å². The number of benzene rings is 1. The van der Waals surface area contributed by atoms with Gasteiger partial charge in [-0.05, 0) is 39.2 Å². The number of carbonyl (C=O) groups excluding carboxylic acids is 1. The summed E-state index contributed by atoms with van der Waals surface area (Å²) in [6, 6.07) is 2.41. The molecule has 2 saturated carbocycles. The van der Waals surface area contributed by atoms with Crippen molar-refractivity contribution < 1.29 is 23.0 Å². The average molecular weight is 504 g/mol. The first kappa shape index (κ1) is 23.9. The lowest BCUT2D eigenvalue weighted by Gasteiger charge is -2.35. The largest absolute Gasteiger partial charge is 0.479 e. The molecule has 3 aliphatic rings. The van der Waals surface area contributed by atoms with Gasteiger partial charge in [0.1, 0.15) is 0 Å². The molecule has 186 valence electrons. The highest BCUT2D eigenvalue weighted by atomic mass is 32.2. The Hall–Kier alpha value is -2.79. The molecule has 1 aromatic heterocycles. The van der Waals surface area contributed by atoms with Crippen LogP contribution in [-0.2, 0) is 10.3 Å². The minimum atomic E-state index is -1.10. The highest BCUT2D eigenvalue weighted by Crippen LogP contribution is 2.66. The van der Waals surface area contributed by atoms with Crippen LogP contribution in [0.5, 0.6) is 5.88 Å². The Labute approximate surface area is 206 Å². The van der Waals surface area contributed by atoms with Crippen molar-refractivity contribution in [2.45, 2.75) is 49.4 Å². The molecule has 3 atom stereocenters. The van der Waals surface area contributed by atoms with E-state index in [4.69, 9.17) is 15.2 Å². The predicted molar refractivity (Wildman–Crippen MR) is 129 cm³/mol. The summed E-state index contributed by atoms with van der Waals surface area (Å²) in [5.74, 6) is -2.54. The van der Waals surface area contributed by atoms with Crippen LogP contribution in [0.4, 0.5) is 14.5 Å². The highest BCUT2D eigenvalue weighted by molar-refractivity contribution is 8.15. The number of carbonyl (C=O) groups is 1. The number of anilines is 1. The third kappa shape index (κ3) is 3.94. The quantitative estimate of drug-likeness (QED) is 0.616. The molecule has 8 nitrogen and oxygen atoms in total. The van der Waals surface area contributed by atoms with E-state index in [1.54, 1.807) is 21.0 Å². The van der Waals surface area contributed by atoms with Crippen LogP contribution in [0.15, 0.2) is 23.3 Å². The summed E-state index contributed by atoms with van der Waals surface area (Å²) in [5, 5.41) is 0.304. The van der Waals surface area contributed by atoms with Gasteiger partial charge in [-0.2, -0.15) is 0 Å². The Bertz CT molecular complexity index is 1240. The maximum Gasteiger partial charge on any atom is 0.282 e. The van der Waals surface area contributed by atoms with Crippen molar-refractivity contribution in [2.75, 3.05) is 25.7 Å². The molecule has 2 fully saturated rings. The Balaban J connectivity index is 1.60. The van der Waals surface area contributed by atoms with Gasteiger partial charge in [-0.15, -0.1) is 0 Å². The lowest BCUT2D eigenvalue weighted by molar-refractivity contribution is 0.0976. The van der Waals surface area contributed by atoms with Crippen LogP contribution in [0.25, 0.3) is 0 Å². The molecule has 0 spiro atoms. The number of rotatable bonds is 7. The number of aromatic nitrogens is 2. The van der Waals surface area contributed by atoms with Gasteiger partial charge in [0, 0.05) is 42.6 Å². The number of thioether (sulfide) groups is 1. The molecule has 35 heavy (non-hydrogen) atoms. The number of fused-ring (bicyclic) bond motifs is 1. The van der Waals surface area contributed by atoms with Crippen molar-refractivity contribution in [3.8, 4) is 5.88 Å². The third-order valence-electron chi connectivity index (χ3n) is 6.97. The number of aliphatic imine (C=N–C) groups is 1. The van der Waals surface area contributed by atoms with E-state index < -0.39 is 23.1 Å². The summed E-state index contributed by atoms with van der Waals surface area (Å²) in [6.07, 6.45) is 3.65. The lowest BCUT2D eigenvalue weighted by atomic mass is 9.85. The zero-order valence-corrected chi connectivity index (χ0v) is 20.8. The van der Waals surface area contributed by atoms with Gasteiger partial charge in [-0.3, -0.25) is 9.79 Å². The van der Waals surface area contributed by atoms with Gasteiger partial charge in [0.05, 0.1) is 29.7 Å². The minimum absolute atomic E-state index is 0.0140. The summed E-state index contributed by atoms with van der Waals surface area (Å²) in [5.41, 5.74) is 5.95. The molecule has 2 aliphatic carbocycles. The maximum atomic E-state index is 15.3. The van der Waals surface area contributed by atoms with Crippen molar-refractivity contribution in [3.63, 3.8) is 0 Å². The van der Waals surface area contributed by atoms with Crippen LogP contribution in [0.3, 0.4) is 0 Å². The number of aryl methyl sites for hydroxylation is 1. The zero-order chi connectivity index (χ0) is 25.1. The van der Waals surface area contributed by atoms with Crippen molar-refractivity contribution in [2.24, 2.45) is 16.6 Å². The van der Waals surface area contributed by atoms with E-state index in [9.17, 15) is 4.79 Å². The lowest BCUT2D eigenvalue weighted by Crippen LogP contribution is -2.38. The summed E-state index contributed by atoms with van der Waals surface area (Å²) >= 11 is 1.42. The van der Waals surface area contributed by atoms with E-state index in [0.717, 1.165) is 18.9 Å². The molecule has 5 rings (SSSR count). The van der Waals surface area contributed by atoms with Crippen LogP contribution in [0, 0.1) is 24.5 Å². The molecule has 0 saturated heterocycles. The highest BCUT2D eigenvalue weighted by Gasteiger charge is 2.66. The molecule has 2 N–H and O–H groups in total. The van der Waals surface area contributed by atoms with Gasteiger partial charge in [0.25, 0.3) is 5.91 Å². The second-order valence-corrected chi connectivity index (χ2v) is 11.0. The van der Waals surface area contributed by atoms with Crippen molar-refractivity contribution in [1.82, 2.24) is 9.97 Å². The standard InChI is InChI=1S/C24H27F2N5O3S/c1-12-10-28-19(20(29-12)34-4)21(32)31(13-5-6-13)14-7-15(18(26)16(25)8-14)23(2)17-9-24(17,11-33-3)35-22(27)30-23/h7-8,10,13,17H,5-6,9,11H2,1-4H3,(H2,27,30)/t17-,23+,24+/m0/s1. The van der Waals surface area contributed by atoms with E-state index in [2.05, 4.69) is 15.0 Å². The molecular formula is C24H27F2N5O3S. The molecular weight excluding hydrogens is 476 g/mol. The minimum Gasteiger partial charge on any atom is -0.479 e. The molecule has 0 radical (unpaired) electrons. The second kappa shape index (κ2) is 8.41. The van der Waals surface area contributed by atoms with E-state index in [1.165, 1.54) is 36.0 Å². The molecule has 1 aromatic carbocycles. The van der Waals surface area contributed by atoms with Gasteiger partial charge >= 0.3 is 0 Å². The number of halogens is 2. The van der Waals surface area contributed by atoms with Crippen molar-refractivity contribution in [3.05, 3.63) is 46.9 Å². The molecule has 2 aromatic rings. The fourth-order valence-electron chi connectivity index (χ4n) is 5.10. The number of hydrogen-bond acceptors (Lipinski definition) is 8. The summed E-state index contributed by atoms with van der Waals surface area (Å²) < 4.78 is 40.8. The number of nitrogens with two attached hydrogens (primary N) is 1. The maximum absolute atomic E-state index is 15.3. The van der Waals surface area contributed by atoms with Crippen molar-refractivity contribution >= 4 is 28.5 Å². The normalized spacial score (nSPS) is 27.1. The number of ether oxygens (including phenoxy) is 2. The van der Waals surface area contributed by atoms with Crippen LogP contribution in [0.2, 0.25) is 0 Å². The molecule has 1 aliphatic heterocycles. The van der Waals surface area contributed by atoms with E-state index >= 15 is 8.78 Å². The van der Waals surface area contributed by atoms with E-state index in [-0.39, 0.29) is 39.5 Å². The average Bonchev–Trinajstić information content (AvgIpc) is 3.72. The topological polar surface area (TPSA) is 103 Å². The summed E-state index contributed by atoms with van der Waals surface area (Å²) in [6.45, 7) is 3.93. The fourth-order valence-corrected chi connectivity index (χ4v) is 6.55. The molecule has 1 amide bonds. The number of amides is 1. The van der Waals surface area contributed by atoms with Gasteiger partial charge in [0.2, 0.25) is 5.88 Å². The Morgan fingerprint density at radius 1 is 1.31 bits per heavy atom. The number of nitrogens with zero attached hydrogens (tertiary/aromatic N) is 4. The van der Waals surface area contributed by atoms with E-state index in [1.807, 2.05) is 0 Å². The second-order valence-electron chi connectivity index (χ2n) is 9.52. The number of amidine groups is 1. The Kier molecular flexibility index (Phi) is 5.75. The Morgan fingerprint density at radius 3 is 2.71 bits per heavy atom. The third-order valence-corrected chi connectivity index (χ3v) is 8.24. The SMILES string of the molecule is COC[C@]12C[C@H]1[C@@](C)(c1cc(N(C(=O)c3ncc(C)nc3OC)C3CC3)cc(F)c1F)N=C(N)S2. The first-order valence-corrected chi connectivity index (χ1v) is 12.2. The zero-order valence-electron chi connectivity index (χ0n) is 20.0. The number of hydrogen-bond donors (Lipinski definition) is 1. The Morgan fingerprint density at radius 2 is 2.06 bits per heavy atom. The van der Waals surface area contributed by atoms with Gasteiger partial charge < -0.3 is 20.1 Å². The van der Waals surface area contributed by atoms with Crippen LogP contribution >= 0.6 is 11.8 Å². The monoisotopic (exact) mass is 503 g/mol. The fraction of sp³-hybridized carbons (Fsp3) is 0.500. The van der Waals surface area contributed by atoms with Crippen LogP contribution < -0.4 is 15.4 Å². The van der Waals surface area contributed by atoms with E-state index in [0.29, 0.717) is 23.9 Å². The molecule has 0 bridgehead atoms. The van der Waals surface area contributed by atoms with Gasteiger partial charge in [0.15, 0.2) is 22.5 Å².